The van der Waals surface area contributed by atoms with Gasteiger partial charge in [-0.2, -0.15) is 9.50 Å². The normalized spacial score (nSPS) is 12.4. The lowest BCUT2D eigenvalue weighted by atomic mass is 10.0. The van der Waals surface area contributed by atoms with Crippen molar-refractivity contribution >= 4 is 34.5 Å². The zero-order chi connectivity index (χ0) is 22.0. The number of aromatic nitrogens is 3. The minimum Gasteiger partial charge on any atom is -0.493 e. The summed E-state index contributed by atoms with van der Waals surface area (Å²) in [5.41, 5.74) is 3.01. The van der Waals surface area contributed by atoms with E-state index in [1.165, 1.54) is 21.4 Å². The SMILES string of the molecule is COc1ccc(/C=C/c2nc3s/c(=C\c4ccc(C(C)C)cc4)c(=O)n3n2)cc1OC. The van der Waals surface area contributed by atoms with Crippen molar-refractivity contribution in [1.29, 1.82) is 0 Å². The van der Waals surface area contributed by atoms with Crippen molar-refractivity contribution in [2.75, 3.05) is 14.2 Å². The van der Waals surface area contributed by atoms with E-state index in [0.29, 0.717) is 32.7 Å². The van der Waals surface area contributed by atoms with E-state index in [9.17, 15) is 4.79 Å². The van der Waals surface area contributed by atoms with Crippen LogP contribution in [-0.2, 0) is 0 Å². The van der Waals surface area contributed by atoms with Crippen LogP contribution in [0.3, 0.4) is 0 Å². The number of nitrogens with zero attached hydrogens (tertiary/aromatic N) is 3. The summed E-state index contributed by atoms with van der Waals surface area (Å²) >= 11 is 1.33. The highest BCUT2D eigenvalue weighted by atomic mass is 32.1. The molecule has 0 saturated heterocycles. The second-order valence-corrected chi connectivity index (χ2v) is 8.36. The maximum Gasteiger partial charge on any atom is 0.291 e. The van der Waals surface area contributed by atoms with Gasteiger partial charge in [0.15, 0.2) is 17.3 Å². The molecule has 0 aliphatic heterocycles. The number of benzene rings is 2. The molecule has 0 atom stereocenters. The highest BCUT2D eigenvalue weighted by molar-refractivity contribution is 7.15. The molecule has 0 fully saturated rings. The average Bonchev–Trinajstić information content (AvgIpc) is 3.31. The molecule has 2 heterocycles. The molecule has 0 N–H and O–H groups in total. The first kappa shape index (κ1) is 20.8. The molecular formula is C24H23N3O3S. The maximum absolute atomic E-state index is 12.7. The predicted octanol–water partition coefficient (Wildman–Crippen LogP) is 4.01. The van der Waals surface area contributed by atoms with Crippen LogP contribution in [0.15, 0.2) is 47.3 Å². The molecule has 158 valence electrons. The Morgan fingerprint density at radius 3 is 2.32 bits per heavy atom. The van der Waals surface area contributed by atoms with Gasteiger partial charge in [-0.25, -0.2) is 0 Å². The molecule has 4 aromatic rings. The van der Waals surface area contributed by atoms with Crippen LogP contribution < -0.4 is 19.6 Å². The van der Waals surface area contributed by atoms with Gasteiger partial charge in [-0.3, -0.25) is 4.79 Å². The van der Waals surface area contributed by atoms with Gasteiger partial charge in [0, 0.05) is 0 Å². The molecule has 7 heteroatoms. The number of hydrogen-bond donors (Lipinski definition) is 0. The standard InChI is InChI=1S/C24H23N3O3S/c1-15(2)18-9-5-17(6-10-18)14-21-23(28)27-24(31-21)25-22(26-27)12-8-16-7-11-19(29-3)20(13-16)30-4/h5-15H,1-4H3/b12-8+,21-14-. The summed E-state index contributed by atoms with van der Waals surface area (Å²) in [5.74, 6) is 2.26. The molecule has 2 aromatic heterocycles. The summed E-state index contributed by atoms with van der Waals surface area (Å²) in [6.45, 7) is 4.32. The largest absolute Gasteiger partial charge is 0.493 e. The van der Waals surface area contributed by atoms with Gasteiger partial charge in [0.05, 0.1) is 18.8 Å². The number of methoxy groups -OCH3 is 2. The van der Waals surface area contributed by atoms with Gasteiger partial charge in [0.25, 0.3) is 5.56 Å². The summed E-state index contributed by atoms with van der Waals surface area (Å²) < 4.78 is 12.5. The van der Waals surface area contributed by atoms with Gasteiger partial charge in [0.2, 0.25) is 4.96 Å². The van der Waals surface area contributed by atoms with E-state index in [4.69, 9.17) is 9.47 Å². The number of hydrogen-bond acceptors (Lipinski definition) is 6. The molecule has 0 aliphatic rings. The highest BCUT2D eigenvalue weighted by Gasteiger charge is 2.09. The zero-order valence-corrected chi connectivity index (χ0v) is 18.6. The van der Waals surface area contributed by atoms with E-state index in [2.05, 4.69) is 36.1 Å². The quantitative estimate of drug-likeness (QED) is 0.460. The van der Waals surface area contributed by atoms with Gasteiger partial charge in [-0.1, -0.05) is 61.6 Å². The van der Waals surface area contributed by atoms with E-state index in [1.54, 1.807) is 20.3 Å². The smallest absolute Gasteiger partial charge is 0.291 e. The molecule has 0 unspecified atom stereocenters. The fourth-order valence-corrected chi connectivity index (χ4v) is 4.09. The third-order valence-electron chi connectivity index (χ3n) is 4.93. The topological polar surface area (TPSA) is 65.7 Å². The second-order valence-electron chi connectivity index (χ2n) is 7.35. The molecule has 4 rings (SSSR count). The fourth-order valence-electron chi connectivity index (χ4n) is 3.18. The molecule has 0 radical (unpaired) electrons. The predicted molar refractivity (Wildman–Crippen MR) is 125 cm³/mol. The van der Waals surface area contributed by atoms with Crippen molar-refractivity contribution < 1.29 is 9.47 Å². The Labute approximate surface area is 184 Å². The van der Waals surface area contributed by atoms with Crippen LogP contribution in [-0.4, -0.2) is 28.8 Å². The number of ether oxygens (including phenoxy) is 2. The fraction of sp³-hybridized carbons (Fsp3) is 0.208. The lowest BCUT2D eigenvalue weighted by molar-refractivity contribution is 0.355. The van der Waals surface area contributed by atoms with E-state index < -0.39 is 0 Å². The van der Waals surface area contributed by atoms with E-state index in [1.807, 2.05) is 42.5 Å². The van der Waals surface area contributed by atoms with E-state index in [-0.39, 0.29) is 5.56 Å². The maximum atomic E-state index is 12.7. The van der Waals surface area contributed by atoms with Crippen molar-refractivity contribution in [3.05, 3.63) is 79.9 Å². The molecule has 0 bridgehead atoms. The first-order chi connectivity index (χ1) is 15.0. The van der Waals surface area contributed by atoms with Gasteiger partial charge in [-0.15, -0.1) is 5.10 Å². The Morgan fingerprint density at radius 1 is 0.968 bits per heavy atom. The first-order valence-corrected chi connectivity index (χ1v) is 10.7. The van der Waals surface area contributed by atoms with Crippen molar-refractivity contribution in [1.82, 2.24) is 14.6 Å². The molecule has 0 amide bonds. The van der Waals surface area contributed by atoms with Gasteiger partial charge in [0.1, 0.15) is 0 Å². The Balaban J connectivity index is 1.60. The Kier molecular flexibility index (Phi) is 5.86. The Bertz CT molecular complexity index is 1350. The molecular weight excluding hydrogens is 410 g/mol. The summed E-state index contributed by atoms with van der Waals surface area (Å²) in [7, 11) is 3.20. The molecule has 2 aromatic carbocycles. The van der Waals surface area contributed by atoms with Crippen LogP contribution in [0.1, 0.15) is 42.3 Å². The van der Waals surface area contributed by atoms with Crippen LogP contribution in [0, 0.1) is 0 Å². The summed E-state index contributed by atoms with van der Waals surface area (Å²) in [5, 5.41) is 4.34. The monoisotopic (exact) mass is 433 g/mol. The number of thiazole rings is 1. The highest BCUT2D eigenvalue weighted by Crippen LogP contribution is 2.28. The van der Waals surface area contributed by atoms with Crippen LogP contribution in [0.25, 0.3) is 23.2 Å². The van der Waals surface area contributed by atoms with Crippen molar-refractivity contribution in [2.45, 2.75) is 19.8 Å². The van der Waals surface area contributed by atoms with Crippen molar-refractivity contribution in [2.24, 2.45) is 0 Å². The molecule has 0 aliphatic carbocycles. The van der Waals surface area contributed by atoms with E-state index in [0.717, 1.165) is 11.1 Å². The van der Waals surface area contributed by atoms with Crippen LogP contribution in [0.4, 0.5) is 0 Å². The average molecular weight is 434 g/mol. The third-order valence-corrected chi connectivity index (χ3v) is 5.89. The lowest BCUT2D eigenvalue weighted by Crippen LogP contribution is -2.23. The van der Waals surface area contributed by atoms with Crippen LogP contribution in [0.2, 0.25) is 0 Å². The molecule has 0 saturated carbocycles. The zero-order valence-electron chi connectivity index (χ0n) is 17.8. The first-order valence-electron chi connectivity index (χ1n) is 9.90. The number of fused-ring (bicyclic) bond motifs is 1. The number of rotatable bonds is 6. The van der Waals surface area contributed by atoms with Crippen molar-refractivity contribution in [3.8, 4) is 11.5 Å². The molecule has 6 nitrogen and oxygen atoms in total. The van der Waals surface area contributed by atoms with Gasteiger partial charge in [-0.05, 0) is 46.9 Å². The Hall–Kier alpha value is -3.45. The van der Waals surface area contributed by atoms with Gasteiger partial charge < -0.3 is 9.47 Å². The van der Waals surface area contributed by atoms with E-state index >= 15 is 0 Å². The Morgan fingerprint density at radius 2 is 1.68 bits per heavy atom. The van der Waals surface area contributed by atoms with Crippen LogP contribution in [0.5, 0.6) is 11.5 Å². The summed E-state index contributed by atoms with van der Waals surface area (Å²) in [6.07, 6.45) is 5.52. The molecule has 31 heavy (non-hydrogen) atoms. The minimum absolute atomic E-state index is 0.161. The third kappa shape index (κ3) is 4.36. The minimum atomic E-state index is -0.161. The summed E-state index contributed by atoms with van der Waals surface area (Å²) in [6, 6.07) is 13.9. The summed E-state index contributed by atoms with van der Waals surface area (Å²) in [4.78, 5) is 17.8. The lowest BCUT2D eigenvalue weighted by Gasteiger charge is -2.07. The van der Waals surface area contributed by atoms with Crippen molar-refractivity contribution in [3.63, 3.8) is 0 Å². The van der Waals surface area contributed by atoms with Crippen LogP contribution >= 0.6 is 11.3 Å². The van der Waals surface area contributed by atoms with Gasteiger partial charge >= 0.3 is 0 Å². The second kappa shape index (κ2) is 8.73. The molecule has 0 spiro atoms.